The predicted octanol–water partition coefficient (Wildman–Crippen LogP) is 19.0. The summed E-state index contributed by atoms with van der Waals surface area (Å²) >= 11 is 0. The van der Waals surface area contributed by atoms with Crippen LogP contribution in [0.5, 0.6) is 5.75 Å². The van der Waals surface area contributed by atoms with Gasteiger partial charge in [-0.25, -0.2) is 14.5 Å². The molecule has 0 fully saturated rings. The highest BCUT2D eigenvalue weighted by molar-refractivity contribution is 6.03. The molecule has 0 spiro atoms. The van der Waals surface area contributed by atoms with E-state index >= 15 is 0 Å². The summed E-state index contributed by atoms with van der Waals surface area (Å²) in [5, 5.41) is 0. The first-order chi connectivity index (χ1) is 31.5. The minimum Gasteiger partial charge on any atom is -0.454 e. The zero-order valence-electron chi connectivity index (χ0n) is 42.5. The molecule has 0 aliphatic carbocycles. The molecule has 0 N–H and O–H groups in total. The van der Waals surface area contributed by atoms with Crippen LogP contribution >= 0.6 is 0 Å². The van der Waals surface area contributed by atoms with Gasteiger partial charge >= 0.3 is 11.9 Å². The molecule has 1 aliphatic rings. The van der Waals surface area contributed by atoms with E-state index in [9.17, 15) is 9.59 Å². The lowest BCUT2D eigenvalue weighted by Crippen LogP contribution is -2.24. The van der Waals surface area contributed by atoms with Crippen LogP contribution in [0.15, 0.2) is 24.3 Å². The number of hydrogen-bond acceptors (Lipinski definition) is 5. The minimum atomic E-state index is -0.635. The Hall–Kier alpha value is -2.82. The van der Waals surface area contributed by atoms with Gasteiger partial charge in [-0.05, 0) is 93.0 Å². The average molecular weight is 887 g/mol. The molecular weight excluding hydrogens is 789 g/mol. The third-order valence-electron chi connectivity index (χ3n) is 14.0. The summed E-state index contributed by atoms with van der Waals surface area (Å²) in [5.74, 6) is -0.376. The summed E-state index contributed by atoms with van der Waals surface area (Å²) in [6.45, 7) is 11.4. The Balaban J connectivity index is 2.25. The molecule has 1 atom stereocenters. The van der Waals surface area contributed by atoms with Gasteiger partial charge in [-0.2, -0.15) is 0 Å². The number of ether oxygens (including phenoxy) is 1. The number of rotatable bonds is 39. The van der Waals surface area contributed by atoms with Crippen LogP contribution in [0.3, 0.4) is 0 Å². The molecule has 2 aromatic rings. The molecule has 0 bridgehead atoms. The summed E-state index contributed by atoms with van der Waals surface area (Å²) < 4.78 is 6.80. The fourth-order valence-electron chi connectivity index (χ4n) is 10.1. The lowest BCUT2D eigenvalue weighted by Gasteiger charge is -2.31. The molecular formula is C59H98O5. The first-order valence-electron chi connectivity index (χ1n) is 27.9. The van der Waals surface area contributed by atoms with Crippen molar-refractivity contribution in [2.24, 2.45) is 0 Å². The predicted molar refractivity (Wildman–Crippen MR) is 272 cm³/mol. The molecule has 0 saturated heterocycles. The van der Waals surface area contributed by atoms with Gasteiger partial charge < -0.3 is 4.74 Å². The van der Waals surface area contributed by atoms with Crippen molar-refractivity contribution in [3.05, 3.63) is 63.2 Å². The second-order valence-electron chi connectivity index (χ2n) is 19.6. The Morgan fingerprint density at radius 3 is 1.11 bits per heavy atom. The number of unbranched alkanes of at least 4 members (excludes halogenated alkanes) is 29. The fraction of sp³-hybridized carbons (Fsp3) is 0.763. The van der Waals surface area contributed by atoms with Crippen LogP contribution < -0.4 is 4.89 Å². The van der Waals surface area contributed by atoms with Crippen molar-refractivity contribution in [1.82, 2.24) is 0 Å². The van der Waals surface area contributed by atoms with E-state index in [1.165, 1.54) is 208 Å². The van der Waals surface area contributed by atoms with Gasteiger partial charge in [0.2, 0.25) is 0 Å². The van der Waals surface area contributed by atoms with Crippen molar-refractivity contribution in [3.63, 3.8) is 0 Å². The largest absolute Gasteiger partial charge is 0.454 e. The Morgan fingerprint density at radius 1 is 0.359 bits per heavy atom. The van der Waals surface area contributed by atoms with E-state index in [0.717, 1.165) is 69.8 Å². The van der Waals surface area contributed by atoms with Gasteiger partial charge in [0.15, 0.2) is 5.75 Å². The van der Waals surface area contributed by atoms with Crippen molar-refractivity contribution in [2.75, 3.05) is 0 Å². The van der Waals surface area contributed by atoms with E-state index in [1.807, 2.05) is 0 Å². The van der Waals surface area contributed by atoms with Crippen LogP contribution in [0, 0.1) is 0 Å². The van der Waals surface area contributed by atoms with Crippen LogP contribution in [0.2, 0.25) is 0 Å². The van der Waals surface area contributed by atoms with E-state index in [4.69, 9.17) is 14.5 Å². The molecule has 364 valence electrons. The Labute approximate surface area is 394 Å². The lowest BCUT2D eigenvalue weighted by atomic mass is 9.80. The molecule has 5 heteroatoms. The highest BCUT2D eigenvalue weighted by atomic mass is 17.2. The maximum absolute atomic E-state index is 14.4. The van der Waals surface area contributed by atoms with Crippen molar-refractivity contribution in [2.45, 2.75) is 291 Å². The second-order valence-corrected chi connectivity index (χ2v) is 19.6. The van der Waals surface area contributed by atoms with Crippen molar-refractivity contribution >= 4 is 11.9 Å². The average Bonchev–Trinajstić information content (AvgIpc) is 3.30. The van der Waals surface area contributed by atoms with Gasteiger partial charge in [0, 0.05) is 11.1 Å². The van der Waals surface area contributed by atoms with E-state index in [2.05, 4.69) is 34.6 Å². The summed E-state index contributed by atoms with van der Waals surface area (Å²) in [7, 11) is 0. The molecule has 1 aliphatic heterocycles. The molecule has 64 heavy (non-hydrogen) atoms. The fourth-order valence-corrected chi connectivity index (χ4v) is 10.1. The highest BCUT2D eigenvalue weighted by Gasteiger charge is 2.34. The number of cyclic esters (lactones) is 1. The minimum absolute atomic E-state index is 0.199. The molecule has 0 radical (unpaired) electrons. The van der Waals surface area contributed by atoms with Crippen LogP contribution in [-0.4, -0.2) is 11.9 Å². The topological polar surface area (TPSA) is 61.8 Å². The summed E-state index contributed by atoms with van der Waals surface area (Å²) in [4.78, 5) is 41.0. The lowest BCUT2D eigenvalue weighted by molar-refractivity contribution is -0.152. The zero-order chi connectivity index (χ0) is 45.9. The number of fused-ring (bicyclic) bond motifs is 2. The van der Waals surface area contributed by atoms with Gasteiger partial charge in [0.1, 0.15) is 6.10 Å². The molecule has 0 aromatic heterocycles. The first kappa shape index (κ1) is 55.5. The maximum atomic E-state index is 14.4. The molecule has 1 unspecified atom stereocenters. The Kier molecular flexibility index (Phi) is 31.5. The number of carbonyl (C=O) groups excluding carboxylic acids is 2. The van der Waals surface area contributed by atoms with Crippen LogP contribution in [0.25, 0.3) is 0 Å². The zero-order valence-corrected chi connectivity index (χ0v) is 42.5. The van der Waals surface area contributed by atoms with Gasteiger partial charge in [-0.1, -0.05) is 233 Å². The number of esters is 1. The maximum Gasteiger partial charge on any atom is 0.387 e. The van der Waals surface area contributed by atoms with Gasteiger partial charge in [-0.3, -0.25) is 4.89 Å². The van der Waals surface area contributed by atoms with Crippen LogP contribution in [0.4, 0.5) is 0 Å². The van der Waals surface area contributed by atoms with Gasteiger partial charge in [0.25, 0.3) is 0 Å². The number of hydrogen-bond donors (Lipinski definition) is 0. The first-order valence-corrected chi connectivity index (χ1v) is 27.9. The van der Waals surface area contributed by atoms with Crippen LogP contribution in [0.1, 0.15) is 314 Å². The van der Waals surface area contributed by atoms with E-state index in [-0.39, 0.29) is 11.1 Å². The number of benzene rings is 2. The smallest absolute Gasteiger partial charge is 0.387 e. The van der Waals surface area contributed by atoms with Crippen LogP contribution in [-0.2, 0) is 35.3 Å². The number of carbonyl (C=O) groups is 2. The van der Waals surface area contributed by atoms with Gasteiger partial charge in [0.05, 0.1) is 11.1 Å². The molecule has 5 nitrogen and oxygen atoms in total. The standard InChI is InChI=1S/C59H98O5/c1-6-11-16-21-26-30-35-42-49-50(43-36-31-27-22-17-12-7-2)52(45-38-33-29-24-19-14-9-4)57-56(51(49)44-37-32-28-23-18-13-8-3)55(48-39-34-25-20-15-10-5)62-58(60)53-46-40-41-47-54(53)59(61)64-63-57/h40-41,46-47,55H,6-39,42-45,48H2,1-5H3. The molecule has 2 aromatic carbocycles. The van der Waals surface area contributed by atoms with Gasteiger partial charge in [-0.15, -0.1) is 0 Å². The molecule has 3 rings (SSSR count). The third kappa shape index (κ3) is 21.2. The van der Waals surface area contributed by atoms with Crippen molar-refractivity contribution in [3.8, 4) is 5.75 Å². The monoisotopic (exact) mass is 887 g/mol. The third-order valence-corrected chi connectivity index (χ3v) is 14.0. The SMILES string of the molecule is CCCCCCCCCc1c(CCCCCCCCC)c(CCCCCCCCC)c2c(c1CCCCCCCCC)OOC(=O)c1ccccc1C(=O)OC2CCCCCCCC. The molecule has 0 saturated carbocycles. The van der Waals surface area contributed by atoms with E-state index in [1.54, 1.807) is 24.3 Å². The normalized spacial score (nSPS) is 13.9. The Morgan fingerprint density at radius 2 is 0.688 bits per heavy atom. The molecule has 0 amide bonds. The van der Waals surface area contributed by atoms with Crippen molar-refractivity contribution in [1.29, 1.82) is 0 Å². The molecule has 1 heterocycles. The quantitative estimate of drug-likeness (QED) is 0.0380. The summed E-state index contributed by atoms with van der Waals surface area (Å²) in [6, 6.07) is 6.95. The second kappa shape index (κ2) is 36.3. The Bertz CT molecular complexity index is 1510. The van der Waals surface area contributed by atoms with E-state index < -0.39 is 18.0 Å². The summed E-state index contributed by atoms with van der Waals surface area (Å²) in [6.07, 6.45) is 46.2. The highest BCUT2D eigenvalue weighted by Crippen LogP contribution is 2.45. The summed E-state index contributed by atoms with van der Waals surface area (Å²) in [5.41, 5.74) is 7.00. The van der Waals surface area contributed by atoms with E-state index in [0.29, 0.717) is 5.75 Å². The van der Waals surface area contributed by atoms with Crippen molar-refractivity contribution < 1.29 is 24.1 Å².